The molecule has 0 atom stereocenters. The van der Waals surface area contributed by atoms with Gasteiger partial charge in [0.15, 0.2) is 0 Å². The van der Waals surface area contributed by atoms with Gasteiger partial charge < -0.3 is 25.0 Å². The Kier molecular flexibility index (Phi) is 8.02. The van der Waals surface area contributed by atoms with Crippen LogP contribution < -0.4 is 20.3 Å². The zero-order valence-corrected chi connectivity index (χ0v) is 24.0. The first-order valence-electron chi connectivity index (χ1n) is 14.3. The SMILES string of the molecule is C=CC(=O)Nc1cc(Nc2cc(-c3ccc4c(cnn4C)c3)ncn2)c(OC)cc1N1CCN(C2CCOCC2)CC1. The summed E-state index contributed by atoms with van der Waals surface area (Å²) in [6.07, 6.45) is 6.81. The fourth-order valence-corrected chi connectivity index (χ4v) is 5.80. The summed E-state index contributed by atoms with van der Waals surface area (Å²) in [7, 11) is 3.57. The highest BCUT2D eigenvalue weighted by atomic mass is 16.5. The minimum absolute atomic E-state index is 0.275. The lowest BCUT2D eigenvalue weighted by molar-refractivity contribution is -0.111. The van der Waals surface area contributed by atoms with Gasteiger partial charge in [-0.25, -0.2) is 9.97 Å². The van der Waals surface area contributed by atoms with E-state index >= 15 is 0 Å². The van der Waals surface area contributed by atoms with Crippen molar-refractivity contribution in [3.05, 3.63) is 61.6 Å². The van der Waals surface area contributed by atoms with Gasteiger partial charge in [-0.2, -0.15) is 5.10 Å². The van der Waals surface area contributed by atoms with Gasteiger partial charge in [-0.3, -0.25) is 14.4 Å². The Morgan fingerprint density at radius 2 is 1.88 bits per heavy atom. The Bertz CT molecular complexity index is 1590. The Balaban J connectivity index is 1.26. The zero-order valence-electron chi connectivity index (χ0n) is 24.0. The van der Waals surface area contributed by atoms with E-state index in [0.29, 0.717) is 29.0 Å². The van der Waals surface area contributed by atoms with E-state index in [0.717, 1.165) is 80.1 Å². The van der Waals surface area contributed by atoms with Crippen molar-refractivity contribution in [3.8, 4) is 17.0 Å². The summed E-state index contributed by atoms with van der Waals surface area (Å²) in [6.45, 7) is 8.91. The second-order valence-corrected chi connectivity index (χ2v) is 10.6. The molecule has 11 heteroatoms. The molecule has 42 heavy (non-hydrogen) atoms. The quantitative estimate of drug-likeness (QED) is 0.302. The number of amides is 1. The first-order valence-corrected chi connectivity index (χ1v) is 14.3. The number of anilines is 4. The van der Waals surface area contributed by atoms with Gasteiger partial charge in [0.1, 0.15) is 17.9 Å². The Hall–Kier alpha value is -4.48. The smallest absolute Gasteiger partial charge is 0.247 e. The number of benzene rings is 2. The van der Waals surface area contributed by atoms with Crippen molar-refractivity contribution in [1.29, 1.82) is 0 Å². The molecule has 1 amide bonds. The number of ether oxygens (including phenoxy) is 2. The Morgan fingerprint density at radius 1 is 1.07 bits per heavy atom. The van der Waals surface area contributed by atoms with Crippen LogP contribution in [0.2, 0.25) is 0 Å². The van der Waals surface area contributed by atoms with E-state index < -0.39 is 0 Å². The maximum Gasteiger partial charge on any atom is 0.247 e. The zero-order chi connectivity index (χ0) is 29.1. The summed E-state index contributed by atoms with van der Waals surface area (Å²) in [6, 6.07) is 12.5. The number of nitrogens with zero attached hydrogens (tertiary/aromatic N) is 6. The van der Waals surface area contributed by atoms with Gasteiger partial charge in [0.25, 0.3) is 0 Å². The van der Waals surface area contributed by atoms with Crippen molar-refractivity contribution in [1.82, 2.24) is 24.6 Å². The molecular weight excluding hydrogens is 532 g/mol. The number of carbonyl (C=O) groups is 1. The fourth-order valence-electron chi connectivity index (χ4n) is 5.80. The molecule has 0 spiro atoms. The summed E-state index contributed by atoms with van der Waals surface area (Å²) in [5.41, 5.74) is 5.05. The third-order valence-corrected chi connectivity index (χ3v) is 8.10. The molecule has 11 nitrogen and oxygen atoms in total. The van der Waals surface area contributed by atoms with Gasteiger partial charge in [-0.1, -0.05) is 12.6 Å². The normalized spacial score (nSPS) is 16.4. The van der Waals surface area contributed by atoms with Gasteiger partial charge >= 0.3 is 0 Å². The van der Waals surface area contributed by atoms with Gasteiger partial charge in [0.2, 0.25) is 5.91 Å². The van der Waals surface area contributed by atoms with Crippen LogP contribution in [0.25, 0.3) is 22.2 Å². The summed E-state index contributed by atoms with van der Waals surface area (Å²) in [5, 5.41) is 11.8. The molecule has 2 N–H and O–H groups in total. The summed E-state index contributed by atoms with van der Waals surface area (Å²) < 4.78 is 13.2. The van der Waals surface area contributed by atoms with Gasteiger partial charge in [-0.05, 0) is 37.1 Å². The largest absolute Gasteiger partial charge is 0.494 e. The third kappa shape index (κ3) is 5.79. The fraction of sp³-hybridized carbons (Fsp3) is 0.355. The minimum Gasteiger partial charge on any atom is -0.494 e. The number of methoxy groups -OCH3 is 1. The number of aromatic nitrogens is 4. The molecule has 2 aliphatic heterocycles. The number of aryl methyl sites for hydroxylation is 1. The van der Waals surface area contributed by atoms with Crippen LogP contribution in [-0.4, -0.2) is 83.1 Å². The van der Waals surface area contributed by atoms with Crippen LogP contribution in [0.1, 0.15) is 12.8 Å². The Morgan fingerprint density at radius 3 is 2.64 bits per heavy atom. The first kappa shape index (κ1) is 27.7. The molecule has 0 aliphatic carbocycles. The molecular formula is C31H36N8O3. The molecule has 0 bridgehead atoms. The third-order valence-electron chi connectivity index (χ3n) is 8.10. The molecule has 2 saturated heterocycles. The van der Waals surface area contributed by atoms with Crippen molar-refractivity contribution in [2.45, 2.75) is 18.9 Å². The van der Waals surface area contributed by atoms with E-state index in [1.165, 1.54) is 12.4 Å². The molecule has 0 radical (unpaired) electrons. The van der Waals surface area contributed by atoms with Crippen LogP contribution in [0.3, 0.4) is 0 Å². The van der Waals surface area contributed by atoms with E-state index in [2.05, 4.69) is 48.1 Å². The molecule has 0 unspecified atom stereocenters. The lowest BCUT2D eigenvalue weighted by Crippen LogP contribution is -2.51. The molecule has 0 saturated carbocycles. The topological polar surface area (TPSA) is 110 Å². The molecule has 2 aromatic carbocycles. The maximum atomic E-state index is 12.4. The average molecular weight is 569 g/mol. The highest BCUT2D eigenvalue weighted by molar-refractivity contribution is 6.02. The molecule has 2 aromatic heterocycles. The van der Waals surface area contributed by atoms with E-state index in [4.69, 9.17) is 9.47 Å². The predicted octanol–water partition coefficient (Wildman–Crippen LogP) is 4.21. The van der Waals surface area contributed by atoms with Crippen LogP contribution >= 0.6 is 0 Å². The van der Waals surface area contributed by atoms with Crippen LogP contribution in [0.4, 0.5) is 22.9 Å². The van der Waals surface area contributed by atoms with Crippen molar-refractivity contribution in [2.75, 3.05) is 62.0 Å². The molecule has 4 heterocycles. The summed E-state index contributed by atoms with van der Waals surface area (Å²) >= 11 is 0. The van der Waals surface area contributed by atoms with Crippen LogP contribution in [0.15, 0.2) is 61.6 Å². The minimum atomic E-state index is -0.275. The summed E-state index contributed by atoms with van der Waals surface area (Å²) in [5.74, 6) is 0.970. The predicted molar refractivity (Wildman–Crippen MR) is 164 cm³/mol. The number of rotatable bonds is 8. The second-order valence-electron chi connectivity index (χ2n) is 10.6. The van der Waals surface area contributed by atoms with Crippen LogP contribution in [0, 0.1) is 0 Å². The molecule has 4 aromatic rings. The van der Waals surface area contributed by atoms with E-state index in [9.17, 15) is 4.79 Å². The summed E-state index contributed by atoms with van der Waals surface area (Å²) in [4.78, 5) is 26.3. The highest BCUT2D eigenvalue weighted by Gasteiger charge is 2.27. The lowest BCUT2D eigenvalue weighted by Gasteiger charge is -2.42. The molecule has 2 aliphatic rings. The number of hydrogen-bond acceptors (Lipinski definition) is 9. The monoisotopic (exact) mass is 568 g/mol. The average Bonchev–Trinajstić information content (AvgIpc) is 3.41. The van der Waals surface area contributed by atoms with Crippen molar-refractivity contribution >= 4 is 39.7 Å². The Labute approximate surface area is 245 Å². The van der Waals surface area contributed by atoms with Crippen molar-refractivity contribution in [3.63, 3.8) is 0 Å². The number of nitrogens with one attached hydrogen (secondary N) is 2. The number of piperazine rings is 1. The van der Waals surface area contributed by atoms with E-state index in [1.807, 2.05) is 48.3 Å². The van der Waals surface area contributed by atoms with Gasteiger partial charge in [0, 0.05) is 75.6 Å². The second kappa shape index (κ2) is 12.2. The number of fused-ring (bicyclic) bond motifs is 1. The van der Waals surface area contributed by atoms with Gasteiger partial charge in [0.05, 0.1) is 41.6 Å². The highest BCUT2D eigenvalue weighted by Crippen LogP contribution is 2.39. The van der Waals surface area contributed by atoms with Crippen LogP contribution in [0.5, 0.6) is 5.75 Å². The lowest BCUT2D eigenvalue weighted by atomic mass is 10.1. The maximum absolute atomic E-state index is 12.4. The number of hydrogen-bond donors (Lipinski definition) is 2. The molecule has 6 rings (SSSR count). The standard InChI is InChI=1S/C31H36N8O3/c1-4-31(40)36-25-16-26(29(41-3)18-28(25)39-11-9-38(10-12-39)23-7-13-42-14-8-23)35-30-17-24(32-20-33-30)21-5-6-27-22(15-21)19-34-37(27)2/h4-6,15-20,23H,1,7-14H2,2-3H3,(H,36,40)(H,32,33,35). The van der Waals surface area contributed by atoms with E-state index in [1.54, 1.807) is 7.11 Å². The van der Waals surface area contributed by atoms with Gasteiger partial charge in [-0.15, -0.1) is 0 Å². The molecule has 218 valence electrons. The van der Waals surface area contributed by atoms with E-state index in [-0.39, 0.29) is 5.91 Å². The number of carbonyl (C=O) groups excluding carboxylic acids is 1. The molecule has 2 fully saturated rings. The van der Waals surface area contributed by atoms with Crippen molar-refractivity contribution in [2.24, 2.45) is 7.05 Å². The van der Waals surface area contributed by atoms with Crippen molar-refractivity contribution < 1.29 is 14.3 Å². The van der Waals surface area contributed by atoms with Crippen LogP contribution in [-0.2, 0) is 16.6 Å². The first-order chi connectivity index (χ1) is 20.5.